The Kier molecular flexibility index (Phi) is 3.78. The molecular weight excluding hydrogens is 330 g/mol. The van der Waals surface area contributed by atoms with Gasteiger partial charge < -0.3 is 0 Å². The van der Waals surface area contributed by atoms with Gasteiger partial charge in [-0.05, 0) is 40.5 Å². The Morgan fingerprint density at radius 1 is 0.500 bits per heavy atom. The summed E-state index contributed by atoms with van der Waals surface area (Å²) in [5.41, 5.74) is -1.09. The van der Waals surface area contributed by atoms with Crippen LogP contribution < -0.4 is 0 Å². The topological polar surface area (TPSA) is 0 Å². The van der Waals surface area contributed by atoms with E-state index in [0.717, 1.165) is 17.7 Å². The molecule has 1 aromatic rings. The van der Waals surface area contributed by atoms with E-state index < -0.39 is 23.5 Å². The zero-order chi connectivity index (χ0) is 17.5. The predicted octanol–water partition coefficient (Wildman–Crippen LogP) is 6.50. The molecule has 0 atom stereocenters. The lowest BCUT2D eigenvalue weighted by atomic mass is 9.97. The molecule has 0 nitrogen and oxygen atoms in total. The fraction of sp³-hybridized carbons (Fsp3) is 0.111. The maximum absolute atomic E-state index is 13.0. The van der Waals surface area contributed by atoms with E-state index >= 15 is 0 Å². The summed E-state index contributed by atoms with van der Waals surface area (Å²) in [6.07, 6.45) is -9.72. The van der Waals surface area contributed by atoms with Crippen molar-refractivity contribution >= 4 is 0 Å². The van der Waals surface area contributed by atoms with Crippen molar-refractivity contribution in [3.05, 3.63) is 71.8 Å². The summed E-state index contributed by atoms with van der Waals surface area (Å²) in [7, 11) is 0. The van der Waals surface area contributed by atoms with Gasteiger partial charge in [0.15, 0.2) is 0 Å². The standard InChI is InChI=1S/C18H10F6/c19-17(20,21)13-8-12(9-14(10-13)18(22,23)24)16-7-6-11-4-2-1-3-5-15(11)16/h1-10H. The maximum Gasteiger partial charge on any atom is 0.416 e. The number of benzene rings is 1. The van der Waals surface area contributed by atoms with E-state index in [1.165, 1.54) is 6.07 Å². The smallest absolute Gasteiger partial charge is 0.166 e. The van der Waals surface area contributed by atoms with Crippen LogP contribution >= 0.6 is 0 Å². The summed E-state index contributed by atoms with van der Waals surface area (Å²) in [5.74, 6) is 0. The van der Waals surface area contributed by atoms with Crippen molar-refractivity contribution in [3.63, 3.8) is 0 Å². The summed E-state index contributed by atoms with van der Waals surface area (Å²) in [5, 5.41) is 0. The summed E-state index contributed by atoms with van der Waals surface area (Å²) in [4.78, 5) is 0. The minimum absolute atomic E-state index is 0.113. The van der Waals surface area contributed by atoms with Gasteiger partial charge in [0.25, 0.3) is 0 Å². The third kappa shape index (κ3) is 3.09. The molecule has 0 bridgehead atoms. The largest absolute Gasteiger partial charge is 0.416 e. The van der Waals surface area contributed by atoms with Crippen LogP contribution in [0.2, 0.25) is 0 Å². The zero-order valence-electron chi connectivity index (χ0n) is 12.0. The summed E-state index contributed by atoms with van der Waals surface area (Å²) >= 11 is 0. The Morgan fingerprint density at radius 3 is 1.62 bits per heavy atom. The number of hydrogen-bond donors (Lipinski definition) is 0. The Labute approximate surface area is 133 Å². The highest BCUT2D eigenvalue weighted by molar-refractivity contribution is 5.86. The van der Waals surface area contributed by atoms with Crippen LogP contribution in [-0.4, -0.2) is 0 Å². The number of fused-ring (bicyclic) bond motifs is 1. The lowest BCUT2D eigenvalue weighted by Gasteiger charge is -2.14. The maximum atomic E-state index is 13.0. The van der Waals surface area contributed by atoms with Crippen molar-refractivity contribution in [1.29, 1.82) is 0 Å². The van der Waals surface area contributed by atoms with Gasteiger partial charge in [-0.25, -0.2) is 0 Å². The second-order valence-corrected chi connectivity index (χ2v) is 5.32. The highest BCUT2D eigenvalue weighted by atomic mass is 19.4. The molecule has 2 aliphatic carbocycles. The van der Waals surface area contributed by atoms with Gasteiger partial charge in [-0.3, -0.25) is 0 Å². The minimum Gasteiger partial charge on any atom is -0.166 e. The first-order valence-corrected chi connectivity index (χ1v) is 6.94. The molecule has 0 saturated carbocycles. The molecular formula is C18H10F6. The highest BCUT2D eigenvalue weighted by Gasteiger charge is 2.37. The van der Waals surface area contributed by atoms with Crippen LogP contribution in [0.3, 0.4) is 0 Å². The quantitative estimate of drug-likeness (QED) is 0.444. The molecule has 3 rings (SSSR count). The SMILES string of the molecule is FC(F)(F)c1cc(-c2ccc3cccccc2-3)cc(C(F)(F)F)c1. The summed E-state index contributed by atoms with van der Waals surface area (Å²) < 4.78 is 77.9. The van der Waals surface area contributed by atoms with E-state index in [-0.39, 0.29) is 11.6 Å². The summed E-state index contributed by atoms with van der Waals surface area (Å²) in [6.45, 7) is 0. The Hall–Kier alpha value is -2.50. The fourth-order valence-electron chi connectivity index (χ4n) is 2.58. The van der Waals surface area contributed by atoms with E-state index in [9.17, 15) is 26.3 Å². The third-order valence-electron chi connectivity index (χ3n) is 3.69. The molecule has 124 valence electrons. The van der Waals surface area contributed by atoms with Gasteiger partial charge in [-0.1, -0.05) is 42.5 Å². The van der Waals surface area contributed by atoms with Crippen LogP contribution in [0.1, 0.15) is 11.1 Å². The van der Waals surface area contributed by atoms with Crippen molar-refractivity contribution in [1.82, 2.24) is 0 Å². The predicted molar refractivity (Wildman–Crippen MR) is 78.5 cm³/mol. The minimum atomic E-state index is -4.86. The zero-order valence-corrected chi connectivity index (χ0v) is 12.0. The first kappa shape index (κ1) is 16.4. The van der Waals surface area contributed by atoms with Gasteiger partial charge in [-0.2, -0.15) is 26.3 Å². The van der Waals surface area contributed by atoms with Gasteiger partial charge in [0, 0.05) is 0 Å². The molecule has 24 heavy (non-hydrogen) atoms. The average Bonchev–Trinajstić information content (AvgIpc) is 2.74. The molecule has 0 amide bonds. The normalized spacial score (nSPS) is 12.6. The Bertz CT molecular complexity index is 813. The molecule has 0 N–H and O–H groups in total. The first-order chi connectivity index (χ1) is 11.2. The van der Waals surface area contributed by atoms with Crippen LogP contribution in [-0.2, 0) is 12.4 Å². The van der Waals surface area contributed by atoms with E-state index in [4.69, 9.17) is 0 Å². The van der Waals surface area contributed by atoms with E-state index in [2.05, 4.69) is 0 Å². The second-order valence-electron chi connectivity index (χ2n) is 5.32. The van der Waals surface area contributed by atoms with Crippen molar-refractivity contribution in [2.45, 2.75) is 12.4 Å². The van der Waals surface area contributed by atoms with Crippen LogP contribution in [0.4, 0.5) is 26.3 Å². The van der Waals surface area contributed by atoms with Gasteiger partial charge in [-0.15, -0.1) is 0 Å². The van der Waals surface area contributed by atoms with Crippen molar-refractivity contribution < 1.29 is 26.3 Å². The molecule has 0 spiro atoms. The lowest BCUT2D eigenvalue weighted by molar-refractivity contribution is -0.143. The number of alkyl halides is 6. The first-order valence-electron chi connectivity index (χ1n) is 6.94. The van der Waals surface area contributed by atoms with Crippen LogP contribution in [0.25, 0.3) is 22.3 Å². The second kappa shape index (κ2) is 5.54. The molecule has 0 fully saturated rings. The monoisotopic (exact) mass is 340 g/mol. The van der Waals surface area contributed by atoms with Crippen molar-refractivity contribution in [3.8, 4) is 22.3 Å². The van der Waals surface area contributed by atoms with Gasteiger partial charge in [0.1, 0.15) is 0 Å². The molecule has 2 aliphatic rings. The van der Waals surface area contributed by atoms with Gasteiger partial charge in [0.05, 0.1) is 11.1 Å². The van der Waals surface area contributed by atoms with Crippen LogP contribution in [0.5, 0.6) is 0 Å². The van der Waals surface area contributed by atoms with Crippen molar-refractivity contribution in [2.75, 3.05) is 0 Å². The van der Waals surface area contributed by atoms with E-state index in [1.54, 1.807) is 36.4 Å². The fourth-order valence-corrected chi connectivity index (χ4v) is 2.58. The van der Waals surface area contributed by atoms with Crippen LogP contribution in [0, 0.1) is 0 Å². The molecule has 0 radical (unpaired) electrons. The molecule has 6 heteroatoms. The summed E-state index contributed by atoms with van der Waals surface area (Å²) in [6, 6.07) is 13.4. The van der Waals surface area contributed by atoms with Crippen molar-refractivity contribution in [2.24, 2.45) is 0 Å². The van der Waals surface area contributed by atoms with Gasteiger partial charge >= 0.3 is 12.4 Å². The highest BCUT2D eigenvalue weighted by Crippen LogP contribution is 2.41. The average molecular weight is 340 g/mol. The Balaban J connectivity index is 2.24. The number of halogens is 6. The van der Waals surface area contributed by atoms with Crippen LogP contribution in [0.15, 0.2) is 60.7 Å². The molecule has 0 saturated heterocycles. The Morgan fingerprint density at radius 2 is 1.04 bits per heavy atom. The lowest BCUT2D eigenvalue weighted by Crippen LogP contribution is -2.11. The van der Waals surface area contributed by atoms with E-state index in [0.29, 0.717) is 11.1 Å². The number of hydrogen-bond acceptors (Lipinski definition) is 0. The number of rotatable bonds is 1. The van der Waals surface area contributed by atoms with Gasteiger partial charge in [0.2, 0.25) is 0 Å². The molecule has 0 aromatic heterocycles. The van der Waals surface area contributed by atoms with E-state index in [1.807, 2.05) is 0 Å². The molecule has 1 aromatic carbocycles. The molecule has 0 aliphatic heterocycles. The third-order valence-corrected chi connectivity index (χ3v) is 3.69. The molecule has 0 unspecified atom stereocenters. The molecule has 0 heterocycles.